The molecule has 6 nitrogen and oxygen atoms in total. The van der Waals surface area contributed by atoms with Gasteiger partial charge in [-0.3, -0.25) is 9.69 Å². The van der Waals surface area contributed by atoms with E-state index in [2.05, 4.69) is 4.90 Å². The van der Waals surface area contributed by atoms with Crippen molar-refractivity contribution in [2.24, 2.45) is 0 Å². The van der Waals surface area contributed by atoms with E-state index in [1.54, 1.807) is 37.5 Å². The molecule has 1 aliphatic heterocycles. The third-order valence-corrected chi connectivity index (χ3v) is 5.31. The molecule has 6 heteroatoms. The summed E-state index contributed by atoms with van der Waals surface area (Å²) in [5.74, 6) is 1.73. The third kappa shape index (κ3) is 6.09. The van der Waals surface area contributed by atoms with Crippen molar-refractivity contribution in [1.82, 2.24) is 4.90 Å². The van der Waals surface area contributed by atoms with Crippen molar-refractivity contribution in [3.63, 3.8) is 0 Å². The van der Waals surface area contributed by atoms with Crippen molar-refractivity contribution in [3.8, 4) is 23.3 Å². The number of piperidine rings is 1. The molecule has 1 aliphatic rings. The maximum absolute atomic E-state index is 12.8. The number of hydrogen-bond acceptors (Lipinski definition) is 6. The largest absolute Gasteiger partial charge is 0.496 e. The van der Waals surface area contributed by atoms with E-state index in [0.29, 0.717) is 17.1 Å². The highest BCUT2D eigenvalue weighted by molar-refractivity contribution is 6.07. The minimum Gasteiger partial charge on any atom is -0.496 e. The second kappa shape index (κ2) is 11.2. The summed E-state index contributed by atoms with van der Waals surface area (Å²) < 4.78 is 16.2. The lowest BCUT2D eigenvalue weighted by molar-refractivity contribution is 0.104. The second-order valence-corrected chi connectivity index (χ2v) is 7.42. The first-order valence-electron chi connectivity index (χ1n) is 10.4. The molecule has 0 amide bonds. The molecular formula is C25H28N2O4. The molecule has 0 radical (unpaired) electrons. The lowest BCUT2D eigenvalue weighted by atomic mass is 10.0. The molecular weight excluding hydrogens is 392 g/mol. The number of benzene rings is 2. The van der Waals surface area contributed by atoms with Gasteiger partial charge in [-0.05, 0) is 67.9 Å². The summed E-state index contributed by atoms with van der Waals surface area (Å²) >= 11 is 0. The highest BCUT2D eigenvalue weighted by Crippen LogP contribution is 2.29. The molecule has 0 N–H and O–H groups in total. The molecule has 0 aliphatic carbocycles. The Bertz CT molecular complexity index is 972. The Hall–Kier alpha value is -3.30. The van der Waals surface area contributed by atoms with Crippen molar-refractivity contribution >= 4 is 11.9 Å². The maximum atomic E-state index is 12.8. The Balaban J connectivity index is 1.74. The zero-order chi connectivity index (χ0) is 22.1. The number of hydrogen-bond donors (Lipinski definition) is 0. The number of carbonyl (C=O) groups excluding carboxylic acids is 1. The molecule has 1 fully saturated rings. The first-order valence-corrected chi connectivity index (χ1v) is 10.4. The van der Waals surface area contributed by atoms with Gasteiger partial charge >= 0.3 is 0 Å². The summed E-state index contributed by atoms with van der Waals surface area (Å²) in [6.45, 7) is 2.89. The van der Waals surface area contributed by atoms with Gasteiger partial charge in [0.15, 0.2) is 23.9 Å². The van der Waals surface area contributed by atoms with Crippen LogP contribution in [0.25, 0.3) is 6.08 Å². The van der Waals surface area contributed by atoms with E-state index in [1.807, 2.05) is 24.3 Å². The molecule has 2 aromatic carbocycles. The van der Waals surface area contributed by atoms with Crippen LogP contribution < -0.4 is 14.2 Å². The Morgan fingerprint density at radius 2 is 1.77 bits per heavy atom. The predicted molar refractivity (Wildman–Crippen MR) is 120 cm³/mol. The number of allylic oxidation sites excluding steroid dienone is 1. The molecule has 162 valence electrons. The van der Waals surface area contributed by atoms with E-state index < -0.39 is 0 Å². The van der Waals surface area contributed by atoms with E-state index in [-0.39, 0.29) is 12.4 Å². The number of rotatable bonds is 9. The summed E-state index contributed by atoms with van der Waals surface area (Å²) in [6.07, 6.45) is 7.01. The summed E-state index contributed by atoms with van der Waals surface area (Å²) in [5, 5.41) is 8.67. The first kappa shape index (κ1) is 22.4. The topological polar surface area (TPSA) is 71.8 Å². The molecule has 0 unspecified atom stereocenters. The summed E-state index contributed by atoms with van der Waals surface area (Å²) in [6, 6.07) is 12.8. The van der Waals surface area contributed by atoms with Gasteiger partial charge in [-0.15, -0.1) is 0 Å². The Labute approximate surface area is 183 Å². The van der Waals surface area contributed by atoms with Crippen molar-refractivity contribution in [3.05, 3.63) is 59.2 Å². The van der Waals surface area contributed by atoms with Gasteiger partial charge < -0.3 is 14.2 Å². The second-order valence-electron chi connectivity index (χ2n) is 7.42. The Morgan fingerprint density at radius 3 is 2.48 bits per heavy atom. The van der Waals surface area contributed by atoms with Gasteiger partial charge in [-0.25, -0.2) is 0 Å². The number of nitrogens with zero attached hydrogens (tertiary/aromatic N) is 2. The zero-order valence-electron chi connectivity index (χ0n) is 18.1. The van der Waals surface area contributed by atoms with Crippen LogP contribution in [0.5, 0.6) is 17.2 Å². The Kier molecular flexibility index (Phi) is 8.08. The van der Waals surface area contributed by atoms with Crippen molar-refractivity contribution in [1.29, 1.82) is 5.26 Å². The zero-order valence-corrected chi connectivity index (χ0v) is 18.1. The van der Waals surface area contributed by atoms with Crippen molar-refractivity contribution in [2.75, 3.05) is 33.9 Å². The monoisotopic (exact) mass is 420 g/mol. The molecule has 1 heterocycles. The van der Waals surface area contributed by atoms with Crippen LogP contribution in [0.3, 0.4) is 0 Å². The van der Waals surface area contributed by atoms with Gasteiger partial charge in [0.2, 0.25) is 0 Å². The van der Waals surface area contributed by atoms with E-state index in [0.717, 1.165) is 36.5 Å². The number of methoxy groups -OCH3 is 2. The molecule has 0 saturated carbocycles. The minimum atomic E-state index is -0.0775. The molecule has 3 rings (SSSR count). The van der Waals surface area contributed by atoms with Crippen molar-refractivity contribution in [2.45, 2.75) is 25.8 Å². The van der Waals surface area contributed by atoms with Gasteiger partial charge in [0.1, 0.15) is 11.8 Å². The van der Waals surface area contributed by atoms with E-state index >= 15 is 0 Å². The SMILES string of the molecule is COc1ccc(C(=O)/C=C/c2ccc(OCC#N)c(OC)c2)cc1CN1CCCCC1. The van der Waals surface area contributed by atoms with Crippen LogP contribution >= 0.6 is 0 Å². The maximum Gasteiger partial charge on any atom is 0.185 e. The number of likely N-dealkylation sites (tertiary alicyclic amines) is 1. The lowest BCUT2D eigenvalue weighted by Gasteiger charge is -2.27. The molecule has 0 spiro atoms. The lowest BCUT2D eigenvalue weighted by Crippen LogP contribution is -2.29. The number of ketones is 1. The van der Waals surface area contributed by atoms with Gasteiger partial charge in [0, 0.05) is 17.7 Å². The van der Waals surface area contributed by atoms with E-state index in [1.165, 1.54) is 26.4 Å². The van der Waals surface area contributed by atoms with Crippen LogP contribution in [-0.2, 0) is 6.54 Å². The smallest absolute Gasteiger partial charge is 0.185 e. The highest BCUT2D eigenvalue weighted by atomic mass is 16.5. The van der Waals surface area contributed by atoms with E-state index in [9.17, 15) is 4.79 Å². The Morgan fingerprint density at radius 1 is 1.03 bits per heavy atom. The average molecular weight is 421 g/mol. The van der Waals surface area contributed by atoms with Gasteiger partial charge in [0.05, 0.1) is 14.2 Å². The standard InChI is InChI=1S/C25H28N2O4/c1-29-23-11-8-20(17-21(23)18-27-13-4-3-5-14-27)22(28)9-6-19-7-10-24(31-15-12-26)25(16-19)30-2/h6-11,16-17H,3-5,13-15,18H2,1-2H3/b9-6+. The number of nitriles is 1. The number of ether oxygens (including phenoxy) is 3. The average Bonchev–Trinajstić information content (AvgIpc) is 2.82. The van der Waals surface area contributed by atoms with Gasteiger partial charge in [-0.2, -0.15) is 5.26 Å². The van der Waals surface area contributed by atoms with Crippen LogP contribution in [-0.4, -0.2) is 44.6 Å². The van der Waals surface area contributed by atoms with Crippen LogP contribution in [0.15, 0.2) is 42.5 Å². The fourth-order valence-corrected chi connectivity index (χ4v) is 3.70. The predicted octanol–water partition coefficient (Wildman–Crippen LogP) is 4.49. The van der Waals surface area contributed by atoms with Crippen LogP contribution in [0.2, 0.25) is 0 Å². The molecule has 0 bridgehead atoms. The summed E-state index contributed by atoms with van der Waals surface area (Å²) in [7, 11) is 3.20. The summed E-state index contributed by atoms with van der Waals surface area (Å²) in [4.78, 5) is 15.2. The normalized spacial score (nSPS) is 14.2. The van der Waals surface area contributed by atoms with Crippen LogP contribution in [0.4, 0.5) is 0 Å². The van der Waals surface area contributed by atoms with Gasteiger partial charge in [0.25, 0.3) is 0 Å². The van der Waals surface area contributed by atoms with Crippen LogP contribution in [0, 0.1) is 11.3 Å². The summed E-state index contributed by atoms with van der Waals surface area (Å²) in [5.41, 5.74) is 2.46. The molecule has 0 atom stereocenters. The minimum absolute atomic E-state index is 0.0543. The fourth-order valence-electron chi connectivity index (χ4n) is 3.70. The molecule has 0 aromatic heterocycles. The molecule has 1 saturated heterocycles. The molecule has 2 aromatic rings. The highest BCUT2D eigenvalue weighted by Gasteiger charge is 2.15. The molecule has 31 heavy (non-hydrogen) atoms. The fraction of sp³-hybridized carbons (Fsp3) is 0.360. The first-order chi connectivity index (χ1) is 15.1. The number of carbonyl (C=O) groups is 1. The van der Waals surface area contributed by atoms with Gasteiger partial charge in [-0.1, -0.05) is 18.6 Å². The third-order valence-electron chi connectivity index (χ3n) is 5.31. The van der Waals surface area contributed by atoms with Crippen molar-refractivity contribution < 1.29 is 19.0 Å². The van der Waals surface area contributed by atoms with E-state index in [4.69, 9.17) is 19.5 Å². The quantitative estimate of drug-likeness (QED) is 0.440. The van der Waals surface area contributed by atoms with Crippen LogP contribution in [0.1, 0.15) is 40.7 Å².